The number of piperidine rings is 1. The Labute approximate surface area is 175 Å². The number of likely N-dealkylation sites (tertiary alicyclic amines) is 1. The summed E-state index contributed by atoms with van der Waals surface area (Å²) in [5.74, 6) is 2.85. The molecule has 162 valence electrons. The molecule has 2 aromatic rings. The van der Waals surface area contributed by atoms with Gasteiger partial charge in [-0.2, -0.15) is 0 Å². The fraction of sp³-hybridized carbons (Fsp3) is 0.478. The lowest BCUT2D eigenvalue weighted by molar-refractivity contribution is -0.274. The maximum atomic E-state index is 12.3. The molecule has 0 spiro atoms. The number of nitrogens with one attached hydrogen (secondary N) is 1. The molecule has 2 fully saturated rings. The number of hydrogen-bond acceptors (Lipinski definition) is 4. The lowest BCUT2D eigenvalue weighted by atomic mass is 10.1. The largest absolute Gasteiger partial charge is 0.573 e. The van der Waals surface area contributed by atoms with Crippen molar-refractivity contribution in [2.75, 3.05) is 26.7 Å². The lowest BCUT2D eigenvalue weighted by Gasteiger charge is -2.20. The highest BCUT2D eigenvalue weighted by atomic mass is 19.4. The molecule has 0 aromatic heterocycles. The molecule has 1 aliphatic heterocycles. The number of methoxy groups -OCH3 is 1. The van der Waals surface area contributed by atoms with Crippen LogP contribution in [0, 0.1) is 24.7 Å². The van der Waals surface area contributed by atoms with Crippen LogP contribution in [0.5, 0.6) is 11.5 Å². The second kappa shape index (κ2) is 8.47. The number of aryl methyl sites for hydroxylation is 1. The van der Waals surface area contributed by atoms with Crippen molar-refractivity contribution >= 4 is 0 Å². The fourth-order valence-corrected chi connectivity index (χ4v) is 4.70. The topological polar surface area (TPSA) is 33.7 Å². The predicted molar refractivity (Wildman–Crippen MR) is 108 cm³/mol. The zero-order chi connectivity index (χ0) is 21.3. The number of rotatable bonds is 8. The quantitative estimate of drug-likeness (QED) is 0.688. The summed E-state index contributed by atoms with van der Waals surface area (Å²) in [6.45, 7) is 6.68. The third-order valence-corrected chi connectivity index (χ3v) is 6.15. The second-order valence-electron chi connectivity index (χ2n) is 8.32. The van der Waals surface area contributed by atoms with Crippen molar-refractivity contribution in [2.24, 2.45) is 17.8 Å². The number of fused-ring (bicyclic) bond motifs is 1. The lowest BCUT2D eigenvalue weighted by Crippen LogP contribution is -2.27. The molecule has 1 saturated carbocycles. The van der Waals surface area contributed by atoms with E-state index in [4.69, 9.17) is 4.74 Å². The molecule has 0 radical (unpaired) electrons. The van der Waals surface area contributed by atoms with Crippen molar-refractivity contribution < 1.29 is 22.6 Å². The van der Waals surface area contributed by atoms with Gasteiger partial charge in [-0.25, -0.2) is 0 Å². The molecule has 30 heavy (non-hydrogen) atoms. The van der Waals surface area contributed by atoms with Gasteiger partial charge in [0.2, 0.25) is 0 Å². The number of ether oxygens (including phenoxy) is 2. The SMILES string of the molecule is COc1ccc(CN2CC3C(CNCc4cccc(OC(F)(F)F)c4)C3C2)cc1C. The third-order valence-electron chi connectivity index (χ3n) is 6.15. The first kappa shape index (κ1) is 21.0. The Bertz CT molecular complexity index is 875. The van der Waals surface area contributed by atoms with Crippen LogP contribution in [0.15, 0.2) is 42.5 Å². The zero-order valence-corrected chi connectivity index (χ0v) is 17.2. The Hall–Kier alpha value is -2.25. The Morgan fingerprint density at radius 2 is 1.83 bits per heavy atom. The van der Waals surface area contributed by atoms with Gasteiger partial charge in [-0.3, -0.25) is 4.90 Å². The van der Waals surface area contributed by atoms with E-state index in [1.807, 2.05) is 12.1 Å². The van der Waals surface area contributed by atoms with Gasteiger partial charge in [0, 0.05) is 26.2 Å². The van der Waals surface area contributed by atoms with Crippen LogP contribution in [-0.2, 0) is 13.1 Å². The summed E-state index contributed by atoms with van der Waals surface area (Å²) in [5, 5.41) is 3.40. The van der Waals surface area contributed by atoms with Gasteiger partial charge < -0.3 is 14.8 Å². The molecular formula is C23H27F3N2O2. The Morgan fingerprint density at radius 1 is 1.07 bits per heavy atom. The molecule has 1 N–H and O–H groups in total. The first-order valence-electron chi connectivity index (χ1n) is 10.2. The number of alkyl halides is 3. The van der Waals surface area contributed by atoms with Crippen LogP contribution in [0.3, 0.4) is 0 Å². The van der Waals surface area contributed by atoms with Gasteiger partial charge in [0.15, 0.2) is 0 Å². The van der Waals surface area contributed by atoms with Gasteiger partial charge in [0.05, 0.1) is 7.11 Å². The average Bonchev–Trinajstić information content (AvgIpc) is 3.12. The highest BCUT2D eigenvalue weighted by molar-refractivity contribution is 5.36. The van der Waals surface area contributed by atoms with Crippen LogP contribution in [-0.4, -0.2) is 38.0 Å². The fourth-order valence-electron chi connectivity index (χ4n) is 4.70. The second-order valence-corrected chi connectivity index (χ2v) is 8.32. The first-order chi connectivity index (χ1) is 14.3. The monoisotopic (exact) mass is 420 g/mol. The Balaban J connectivity index is 1.19. The molecule has 1 aliphatic carbocycles. The predicted octanol–water partition coefficient (Wildman–Crippen LogP) is 4.37. The van der Waals surface area contributed by atoms with E-state index in [9.17, 15) is 13.2 Å². The van der Waals surface area contributed by atoms with E-state index in [0.29, 0.717) is 12.5 Å². The van der Waals surface area contributed by atoms with Crippen LogP contribution in [0.4, 0.5) is 13.2 Å². The van der Waals surface area contributed by atoms with Crippen LogP contribution in [0.2, 0.25) is 0 Å². The summed E-state index contributed by atoms with van der Waals surface area (Å²) in [6, 6.07) is 12.5. The standard InChI is InChI=1S/C23H27F3N2O2/c1-15-8-17(6-7-22(15)29-2)12-28-13-20-19(21(20)14-28)11-27-10-16-4-3-5-18(9-16)30-23(24,25)26/h3-9,19-21,27H,10-14H2,1-2H3. The van der Waals surface area contributed by atoms with Crippen LogP contribution >= 0.6 is 0 Å². The molecule has 2 atom stereocenters. The van der Waals surface area contributed by atoms with Crippen LogP contribution < -0.4 is 14.8 Å². The third kappa shape index (κ3) is 5.08. The summed E-state index contributed by atoms with van der Waals surface area (Å²) in [5.41, 5.74) is 3.26. The molecule has 0 bridgehead atoms. The van der Waals surface area contributed by atoms with E-state index in [-0.39, 0.29) is 5.75 Å². The highest BCUT2D eigenvalue weighted by Gasteiger charge is 2.54. The van der Waals surface area contributed by atoms with Crippen molar-refractivity contribution in [3.63, 3.8) is 0 Å². The van der Waals surface area contributed by atoms with Gasteiger partial charge in [0.25, 0.3) is 0 Å². The molecule has 7 heteroatoms. The van der Waals surface area contributed by atoms with E-state index in [0.717, 1.165) is 54.9 Å². The number of hydrogen-bond donors (Lipinski definition) is 1. The number of halogens is 3. The van der Waals surface area contributed by atoms with E-state index in [2.05, 4.69) is 34.0 Å². The summed E-state index contributed by atoms with van der Waals surface area (Å²) < 4.78 is 46.3. The van der Waals surface area contributed by atoms with Crippen LogP contribution in [0.25, 0.3) is 0 Å². The Morgan fingerprint density at radius 3 is 2.50 bits per heavy atom. The van der Waals surface area contributed by atoms with Gasteiger partial charge in [-0.05, 0) is 66.1 Å². The highest BCUT2D eigenvalue weighted by Crippen LogP contribution is 2.51. The maximum absolute atomic E-state index is 12.3. The zero-order valence-electron chi connectivity index (χ0n) is 17.2. The van der Waals surface area contributed by atoms with Crippen molar-refractivity contribution in [3.8, 4) is 11.5 Å². The normalized spacial score (nSPS) is 23.3. The smallest absolute Gasteiger partial charge is 0.496 e. The van der Waals surface area contributed by atoms with E-state index in [1.54, 1.807) is 13.2 Å². The molecule has 1 saturated heterocycles. The molecule has 1 heterocycles. The van der Waals surface area contributed by atoms with Crippen molar-refractivity contribution in [1.29, 1.82) is 0 Å². The molecule has 2 aliphatic rings. The summed E-state index contributed by atoms with van der Waals surface area (Å²) in [4.78, 5) is 2.50. The molecule has 2 unspecified atom stereocenters. The Kier molecular flexibility index (Phi) is 5.93. The van der Waals surface area contributed by atoms with Gasteiger partial charge in [0.1, 0.15) is 11.5 Å². The van der Waals surface area contributed by atoms with E-state index < -0.39 is 6.36 Å². The molecular weight excluding hydrogens is 393 g/mol. The summed E-state index contributed by atoms with van der Waals surface area (Å²) in [6.07, 6.45) is -4.66. The minimum atomic E-state index is -4.66. The van der Waals surface area contributed by atoms with Crippen molar-refractivity contribution in [2.45, 2.75) is 26.4 Å². The van der Waals surface area contributed by atoms with Gasteiger partial charge in [-0.15, -0.1) is 13.2 Å². The van der Waals surface area contributed by atoms with Gasteiger partial charge in [-0.1, -0.05) is 24.3 Å². The molecule has 4 rings (SSSR count). The minimum absolute atomic E-state index is 0.172. The summed E-state index contributed by atoms with van der Waals surface area (Å²) in [7, 11) is 1.69. The maximum Gasteiger partial charge on any atom is 0.573 e. The van der Waals surface area contributed by atoms with Gasteiger partial charge >= 0.3 is 6.36 Å². The molecule has 2 aromatic carbocycles. The molecule has 4 nitrogen and oxygen atoms in total. The average molecular weight is 420 g/mol. The van der Waals surface area contributed by atoms with Crippen molar-refractivity contribution in [1.82, 2.24) is 10.2 Å². The number of nitrogens with zero attached hydrogens (tertiary/aromatic N) is 1. The number of benzene rings is 2. The van der Waals surface area contributed by atoms with Crippen molar-refractivity contribution in [3.05, 3.63) is 59.2 Å². The minimum Gasteiger partial charge on any atom is -0.496 e. The van der Waals surface area contributed by atoms with E-state index >= 15 is 0 Å². The first-order valence-corrected chi connectivity index (χ1v) is 10.2. The summed E-state index contributed by atoms with van der Waals surface area (Å²) >= 11 is 0. The van der Waals surface area contributed by atoms with E-state index in [1.165, 1.54) is 17.7 Å². The molecule has 0 amide bonds. The van der Waals surface area contributed by atoms with Crippen LogP contribution in [0.1, 0.15) is 16.7 Å².